The molecule has 2 aliphatic rings. The monoisotopic (exact) mass is 418 g/mol. The topological polar surface area (TPSA) is 37.9 Å². The highest BCUT2D eigenvalue weighted by Gasteiger charge is 2.30. The van der Waals surface area contributed by atoms with Gasteiger partial charge in [-0.15, -0.1) is 0 Å². The van der Waals surface area contributed by atoms with Crippen molar-refractivity contribution in [1.82, 2.24) is 14.6 Å². The zero-order valence-corrected chi connectivity index (χ0v) is 19.3. The number of hydrogen-bond acceptors (Lipinski definition) is 3. The molecule has 0 bridgehead atoms. The van der Waals surface area contributed by atoms with Crippen molar-refractivity contribution >= 4 is 11.5 Å². The van der Waals surface area contributed by atoms with Gasteiger partial charge in [-0.1, -0.05) is 57.5 Å². The summed E-state index contributed by atoms with van der Waals surface area (Å²) in [5, 5.41) is 4.81. The van der Waals surface area contributed by atoms with Crippen LogP contribution in [-0.2, 0) is 5.41 Å². The molecule has 0 radical (unpaired) electrons. The van der Waals surface area contributed by atoms with E-state index in [1.165, 1.54) is 56.6 Å². The zero-order valence-electron chi connectivity index (χ0n) is 19.3. The zero-order chi connectivity index (χ0) is 21.4. The predicted octanol–water partition coefficient (Wildman–Crippen LogP) is 3.73. The van der Waals surface area contributed by atoms with E-state index in [1.54, 1.807) is 0 Å². The van der Waals surface area contributed by atoms with Crippen LogP contribution in [0, 0.1) is 0 Å². The second-order valence-corrected chi connectivity index (χ2v) is 10.4. The van der Waals surface area contributed by atoms with E-state index >= 15 is 0 Å². The molecule has 3 aromatic rings. The number of piperazine rings is 1. The lowest BCUT2D eigenvalue weighted by atomic mass is 9.91. The van der Waals surface area contributed by atoms with Gasteiger partial charge >= 0.3 is 0 Å². The minimum atomic E-state index is -0.0100. The van der Waals surface area contributed by atoms with E-state index in [4.69, 9.17) is 10.1 Å². The third kappa shape index (κ3) is 4.08. The number of anilines is 1. The van der Waals surface area contributed by atoms with Crippen molar-refractivity contribution in [2.24, 2.45) is 0 Å². The Hall–Kier alpha value is -2.40. The smallest absolute Gasteiger partial charge is 0.165 e. The molecule has 2 aromatic heterocycles. The Kier molecular flexibility index (Phi) is 5.47. The highest BCUT2D eigenvalue weighted by atomic mass is 15.4. The fraction of sp³-hybridized carbons (Fsp3) is 0.538. The van der Waals surface area contributed by atoms with Crippen LogP contribution >= 0.6 is 0 Å². The third-order valence-electron chi connectivity index (χ3n) is 7.22. The molecule has 1 saturated heterocycles. The van der Waals surface area contributed by atoms with Gasteiger partial charge in [0.05, 0.1) is 44.1 Å². The molecule has 1 aliphatic heterocycles. The summed E-state index contributed by atoms with van der Waals surface area (Å²) in [4.78, 5) is 9.46. The van der Waals surface area contributed by atoms with E-state index < -0.39 is 0 Å². The summed E-state index contributed by atoms with van der Waals surface area (Å²) in [6, 6.07) is 13.7. The largest absolute Gasteiger partial charge is 0.345 e. The molecule has 2 fully saturated rings. The Balaban J connectivity index is 1.49. The SMILES string of the molecule is CC(C)(C)c1cc(N2CC[NH+](C3CCCCC3)CC2)n2ncc(-c3ccccc3)c2n1. The molecule has 0 atom stereocenters. The molecular formula is C26H36N5+. The molecule has 0 amide bonds. The minimum Gasteiger partial charge on any atom is -0.345 e. The fourth-order valence-corrected chi connectivity index (χ4v) is 5.32. The number of fused-ring (bicyclic) bond motifs is 1. The maximum atomic E-state index is 5.10. The van der Waals surface area contributed by atoms with Crippen LogP contribution in [0.3, 0.4) is 0 Å². The first kappa shape index (κ1) is 20.5. The van der Waals surface area contributed by atoms with Gasteiger partial charge in [0.15, 0.2) is 5.65 Å². The van der Waals surface area contributed by atoms with Gasteiger partial charge in [-0.2, -0.15) is 9.61 Å². The third-order valence-corrected chi connectivity index (χ3v) is 7.22. The summed E-state index contributed by atoms with van der Waals surface area (Å²) >= 11 is 0. The average Bonchev–Trinajstić information content (AvgIpc) is 3.23. The lowest BCUT2D eigenvalue weighted by Gasteiger charge is -2.39. The van der Waals surface area contributed by atoms with E-state index in [9.17, 15) is 0 Å². The normalized spacial score (nSPS) is 19.3. The number of nitrogens with one attached hydrogen (secondary N) is 1. The van der Waals surface area contributed by atoms with Gasteiger partial charge in [0.1, 0.15) is 5.82 Å². The molecule has 1 aliphatic carbocycles. The van der Waals surface area contributed by atoms with Crippen LogP contribution < -0.4 is 9.80 Å². The molecule has 31 heavy (non-hydrogen) atoms. The van der Waals surface area contributed by atoms with Crippen LogP contribution in [0.1, 0.15) is 58.6 Å². The van der Waals surface area contributed by atoms with Crippen LogP contribution in [0.15, 0.2) is 42.6 Å². The number of benzene rings is 1. The molecule has 1 N–H and O–H groups in total. The molecule has 5 nitrogen and oxygen atoms in total. The number of nitrogens with zero attached hydrogens (tertiary/aromatic N) is 4. The molecule has 1 aromatic carbocycles. The van der Waals surface area contributed by atoms with Gasteiger partial charge in [0.25, 0.3) is 0 Å². The lowest BCUT2D eigenvalue weighted by Crippen LogP contribution is -3.18. The average molecular weight is 419 g/mol. The minimum absolute atomic E-state index is 0.0100. The van der Waals surface area contributed by atoms with Gasteiger partial charge in [-0.05, 0) is 31.2 Å². The van der Waals surface area contributed by atoms with Gasteiger partial charge in [-0.25, -0.2) is 4.98 Å². The summed E-state index contributed by atoms with van der Waals surface area (Å²) < 4.78 is 2.07. The fourth-order valence-electron chi connectivity index (χ4n) is 5.32. The second-order valence-electron chi connectivity index (χ2n) is 10.4. The van der Waals surface area contributed by atoms with Crippen molar-refractivity contribution in [3.05, 3.63) is 48.3 Å². The molecule has 0 unspecified atom stereocenters. The molecule has 1 saturated carbocycles. The van der Waals surface area contributed by atoms with Gasteiger partial charge in [0.2, 0.25) is 0 Å². The number of aromatic nitrogens is 3. The first-order valence-electron chi connectivity index (χ1n) is 12.0. The standard InChI is InChI=1S/C26H35N5/c1-26(2,3)23-18-24(30-16-14-29(15-17-30)21-12-8-5-9-13-21)31-25(28-23)22(19-27-31)20-10-6-4-7-11-20/h4,6-7,10-11,18-19,21H,5,8-9,12-17H2,1-3H3/p+1. The van der Waals surface area contributed by atoms with Crippen LogP contribution in [-0.4, -0.2) is 46.8 Å². The molecule has 3 heterocycles. The van der Waals surface area contributed by atoms with Gasteiger partial charge < -0.3 is 9.80 Å². The Labute approximate surface area is 186 Å². The van der Waals surface area contributed by atoms with Crippen molar-refractivity contribution < 1.29 is 4.90 Å². The highest BCUT2D eigenvalue weighted by molar-refractivity contribution is 5.78. The first-order chi connectivity index (χ1) is 15.0. The summed E-state index contributed by atoms with van der Waals surface area (Å²) in [6.07, 6.45) is 9.10. The summed E-state index contributed by atoms with van der Waals surface area (Å²) in [5.74, 6) is 1.19. The number of hydrogen-bond donors (Lipinski definition) is 1. The van der Waals surface area contributed by atoms with Crippen LogP contribution in [0.5, 0.6) is 0 Å². The van der Waals surface area contributed by atoms with Crippen LogP contribution in [0.4, 0.5) is 5.82 Å². The predicted molar refractivity (Wildman–Crippen MR) is 127 cm³/mol. The van der Waals surface area contributed by atoms with Crippen LogP contribution in [0.25, 0.3) is 16.8 Å². The van der Waals surface area contributed by atoms with Crippen LogP contribution in [0.2, 0.25) is 0 Å². The van der Waals surface area contributed by atoms with E-state index in [-0.39, 0.29) is 5.41 Å². The second kappa shape index (κ2) is 8.27. The highest BCUT2D eigenvalue weighted by Crippen LogP contribution is 2.31. The summed E-state index contributed by atoms with van der Waals surface area (Å²) in [7, 11) is 0. The maximum Gasteiger partial charge on any atom is 0.165 e. The van der Waals surface area contributed by atoms with E-state index in [2.05, 4.69) is 66.6 Å². The van der Waals surface area contributed by atoms with Crippen molar-refractivity contribution in [1.29, 1.82) is 0 Å². The summed E-state index contributed by atoms with van der Waals surface area (Å²) in [5.41, 5.74) is 4.38. The Morgan fingerprint density at radius 2 is 1.68 bits per heavy atom. The van der Waals surface area contributed by atoms with E-state index in [0.717, 1.165) is 36.0 Å². The molecule has 164 valence electrons. The van der Waals surface area contributed by atoms with Crippen molar-refractivity contribution in [3.63, 3.8) is 0 Å². The van der Waals surface area contributed by atoms with E-state index in [0.29, 0.717) is 0 Å². The number of rotatable bonds is 3. The van der Waals surface area contributed by atoms with Gasteiger partial charge in [-0.3, -0.25) is 0 Å². The Morgan fingerprint density at radius 3 is 2.35 bits per heavy atom. The first-order valence-corrected chi connectivity index (χ1v) is 12.0. The van der Waals surface area contributed by atoms with Crippen molar-refractivity contribution in [3.8, 4) is 11.1 Å². The Morgan fingerprint density at radius 1 is 0.968 bits per heavy atom. The molecule has 0 spiro atoms. The van der Waals surface area contributed by atoms with E-state index in [1.807, 2.05) is 11.1 Å². The maximum absolute atomic E-state index is 5.10. The molecule has 5 rings (SSSR count). The van der Waals surface area contributed by atoms with Crippen molar-refractivity contribution in [2.75, 3.05) is 31.1 Å². The Bertz CT molecular complexity index is 1020. The van der Waals surface area contributed by atoms with Crippen molar-refractivity contribution in [2.45, 2.75) is 64.3 Å². The molecular weight excluding hydrogens is 382 g/mol. The number of quaternary nitrogens is 1. The lowest BCUT2D eigenvalue weighted by molar-refractivity contribution is -0.927. The summed E-state index contributed by atoms with van der Waals surface area (Å²) in [6.45, 7) is 11.4. The van der Waals surface area contributed by atoms with Gasteiger partial charge in [0, 0.05) is 17.0 Å². The molecule has 5 heteroatoms. The quantitative estimate of drug-likeness (QED) is 0.704.